The second-order valence-corrected chi connectivity index (χ2v) is 2.51. The maximum Gasteiger partial charge on any atom is 0.335 e. The summed E-state index contributed by atoms with van der Waals surface area (Å²) < 4.78 is 4.89. The Bertz CT molecular complexity index is 325. The van der Waals surface area contributed by atoms with Crippen LogP contribution in [0.4, 0.5) is 0 Å². The van der Waals surface area contributed by atoms with Crippen LogP contribution in [0.2, 0.25) is 0 Å². The molecule has 0 aliphatic carbocycles. The SMILES string of the molecule is C=C(OC)c1ccc(C(=O)O)cc1. The third kappa shape index (κ3) is 2.08. The average molecular weight is 178 g/mol. The summed E-state index contributed by atoms with van der Waals surface area (Å²) >= 11 is 0. The van der Waals surface area contributed by atoms with Gasteiger partial charge < -0.3 is 9.84 Å². The molecule has 0 fully saturated rings. The lowest BCUT2D eigenvalue weighted by molar-refractivity contribution is 0.0697. The maximum absolute atomic E-state index is 10.5. The Kier molecular flexibility index (Phi) is 2.69. The van der Waals surface area contributed by atoms with Crippen molar-refractivity contribution in [2.24, 2.45) is 0 Å². The molecule has 1 aromatic carbocycles. The molecule has 3 nitrogen and oxygen atoms in total. The van der Waals surface area contributed by atoms with Crippen molar-refractivity contribution < 1.29 is 14.6 Å². The Hall–Kier alpha value is -1.77. The molecule has 0 unspecified atom stereocenters. The lowest BCUT2D eigenvalue weighted by Gasteiger charge is -2.03. The van der Waals surface area contributed by atoms with Crippen LogP contribution in [0, 0.1) is 0 Å². The second kappa shape index (κ2) is 3.76. The van der Waals surface area contributed by atoms with Crippen molar-refractivity contribution in [3.63, 3.8) is 0 Å². The van der Waals surface area contributed by atoms with Crippen LogP contribution < -0.4 is 0 Å². The minimum Gasteiger partial charge on any atom is -0.497 e. The minimum absolute atomic E-state index is 0.257. The number of carboxylic acids is 1. The molecule has 13 heavy (non-hydrogen) atoms. The number of rotatable bonds is 3. The fourth-order valence-electron chi connectivity index (χ4n) is 0.917. The molecule has 0 heterocycles. The molecule has 0 atom stereocenters. The molecule has 1 aromatic rings. The third-order valence-corrected chi connectivity index (χ3v) is 1.70. The van der Waals surface area contributed by atoms with Gasteiger partial charge in [0.15, 0.2) is 0 Å². The fourth-order valence-corrected chi connectivity index (χ4v) is 0.917. The summed E-state index contributed by atoms with van der Waals surface area (Å²) in [6.07, 6.45) is 0. The number of methoxy groups -OCH3 is 1. The van der Waals surface area contributed by atoms with Gasteiger partial charge in [0, 0.05) is 5.56 Å². The zero-order chi connectivity index (χ0) is 9.84. The molecule has 0 radical (unpaired) electrons. The summed E-state index contributed by atoms with van der Waals surface area (Å²) in [6.45, 7) is 3.65. The number of ether oxygens (including phenoxy) is 1. The van der Waals surface area contributed by atoms with Crippen molar-refractivity contribution in [3.8, 4) is 0 Å². The highest BCUT2D eigenvalue weighted by atomic mass is 16.5. The number of hydrogen-bond acceptors (Lipinski definition) is 2. The normalized spacial score (nSPS) is 9.31. The quantitative estimate of drug-likeness (QED) is 0.720. The van der Waals surface area contributed by atoms with E-state index in [1.807, 2.05) is 0 Å². The highest BCUT2D eigenvalue weighted by molar-refractivity contribution is 5.87. The van der Waals surface area contributed by atoms with E-state index in [9.17, 15) is 4.79 Å². The van der Waals surface area contributed by atoms with Crippen molar-refractivity contribution in [3.05, 3.63) is 42.0 Å². The van der Waals surface area contributed by atoms with Gasteiger partial charge in [0.2, 0.25) is 0 Å². The average Bonchev–Trinajstić information content (AvgIpc) is 2.17. The zero-order valence-electron chi connectivity index (χ0n) is 7.28. The Morgan fingerprint density at radius 1 is 1.31 bits per heavy atom. The van der Waals surface area contributed by atoms with Gasteiger partial charge in [-0.05, 0) is 12.1 Å². The topological polar surface area (TPSA) is 46.5 Å². The first kappa shape index (κ1) is 9.32. The molecule has 68 valence electrons. The van der Waals surface area contributed by atoms with Crippen LogP contribution >= 0.6 is 0 Å². The Morgan fingerprint density at radius 3 is 2.15 bits per heavy atom. The fraction of sp³-hybridized carbons (Fsp3) is 0.100. The molecule has 0 aromatic heterocycles. The van der Waals surface area contributed by atoms with E-state index in [4.69, 9.17) is 9.84 Å². The lowest BCUT2D eigenvalue weighted by atomic mass is 10.1. The number of aromatic carboxylic acids is 1. The molecule has 0 saturated heterocycles. The maximum atomic E-state index is 10.5. The standard InChI is InChI=1S/C10H10O3/c1-7(13-2)8-3-5-9(6-4-8)10(11)12/h3-6H,1H2,2H3,(H,11,12). The van der Waals surface area contributed by atoms with Crippen LogP contribution in [0.25, 0.3) is 5.76 Å². The van der Waals surface area contributed by atoms with E-state index in [2.05, 4.69) is 6.58 Å². The summed E-state index contributed by atoms with van der Waals surface area (Å²) in [7, 11) is 1.52. The van der Waals surface area contributed by atoms with Gasteiger partial charge in [-0.1, -0.05) is 18.7 Å². The summed E-state index contributed by atoms with van der Waals surface area (Å²) in [5.41, 5.74) is 1.04. The van der Waals surface area contributed by atoms with Gasteiger partial charge in [-0.25, -0.2) is 4.79 Å². The van der Waals surface area contributed by atoms with Gasteiger partial charge in [-0.15, -0.1) is 0 Å². The van der Waals surface area contributed by atoms with Gasteiger partial charge in [0.1, 0.15) is 5.76 Å². The largest absolute Gasteiger partial charge is 0.497 e. The van der Waals surface area contributed by atoms with Gasteiger partial charge >= 0.3 is 5.97 Å². The van der Waals surface area contributed by atoms with E-state index in [-0.39, 0.29) is 5.56 Å². The Balaban J connectivity index is 2.93. The number of hydrogen-bond donors (Lipinski definition) is 1. The minimum atomic E-state index is -0.936. The summed E-state index contributed by atoms with van der Waals surface area (Å²) in [5.74, 6) is -0.411. The molecule has 0 spiro atoms. The molecule has 1 N–H and O–H groups in total. The van der Waals surface area contributed by atoms with E-state index < -0.39 is 5.97 Å². The molecule has 0 aliphatic heterocycles. The van der Waals surface area contributed by atoms with Crippen LogP contribution in [0.3, 0.4) is 0 Å². The van der Waals surface area contributed by atoms with Crippen molar-refractivity contribution in [2.75, 3.05) is 7.11 Å². The molecular weight excluding hydrogens is 168 g/mol. The molecule has 3 heteroatoms. The summed E-state index contributed by atoms with van der Waals surface area (Å²) in [5, 5.41) is 8.62. The first-order chi connectivity index (χ1) is 6.15. The zero-order valence-corrected chi connectivity index (χ0v) is 7.28. The van der Waals surface area contributed by atoms with Crippen LogP contribution in [0.1, 0.15) is 15.9 Å². The molecule has 0 bridgehead atoms. The van der Waals surface area contributed by atoms with Crippen molar-refractivity contribution in [2.45, 2.75) is 0 Å². The van der Waals surface area contributed by atoms with E-state index in [1.165, 1.54) is 19.2 Å². The van der Waals surface area contributed by atoms with Crippen LogP contribution in [0.15, 0.2) is 30.8 Å². The van der Waals surface area contributed by atoms with Crippen molar-refractivity contribution in [1.82, 2.24) is 0 Å². The Morgan fingerprint density at radius 2 is 1.77 bits per heavy atom. The Labute approximate surface area is 76.3 Å². The van der Waals surface area contributed by atoms with Crippen LogP contribution in [0.5, 0.6) is 0 Å². The first-order valence-corrected chi connectivity index (χ1v) is 3.72. The van der Waals surface area contributed by atoms with E-state index in [1.54, 1.807) is 12.1 Å². The first-order valence-electron chi connectivity index (χ1n) is 3.72. The van der Waals surface area contributed by atoms with Crippen molar-refractivity contribution >= 4 is 11.7 Å². The van der Waals surface area contributed by atoms with Crippen LogP contribution in [-0.4, -0.2) is 18.2 Å². The van der Waals surface area contributed by atoms with E-state index in [0.717, 1.165) is 5.56 Å². The predicted octanol–water partition coefficient (Wildman–Crippen LogP) is 2.00. The monoisotopic (exact) mass is 178 g/mol. The lowest BCUT2D eigenvalue weighted by Crippen LogP contribution is -1.95. The third-order valence-electron chi connectivity index (χ3n) is 1.70. The van der Waals surface area contributed by atoms with Gasteiger partial charge in [0.05, 0.1) is 12.7 Å². The highest BCUT2D eigenvalue weighted by Gasteiger charge is 2.02. The highest BCUT2D eigenvalue weighted by Crippen LogP contribution is 2.13. The van der Waals surface area contributed by atoms with Gasteiger partial charge in [-0.3, -0.25) is 0 Å². The molecule has 0 aliphatic rings. The second-order valence-electron chi connectivity index (χ2n) is 2.51. The molecule has 0 amide bonds. The predicted molar refractivity (Wildman–Crippen MR) is 49.4 cm³/mol. The number of carbonyl (C=O) groups is 1. The van der Waals surface area contributed by atoms with Crippen LogP contribution in [-0.2, 0) is 4.74 Å². The van der Waals surface area contributed by atoms with E-state index in [0.29, 0.717) is 5.76 Å². The summed E-state index contributed by atoms with van der Waals surface area (Å²) in [4.78, 5) is 10.5. The summed E-state index contributed by atoms with van der Waals surface area (Å²) in [6, 6.07) is 6.36. The molecule has 0 saturated carbocycles. The number of benzene rings is 1. The van der Waals surface area contributed by atoms with Gasteiger partial charge in [0.25, 0.3) is 0 Å². The van der Waals surface area contributed by atoms with E-state index >= 15 is 0 Å². The molecular formula is C10H10O3. The molecule has 1 rings (SSSR count). The van der Waals surface area contributed by atoms with Crippen molar-refractivity contribution in [1.29, 1.82) is 0 Å². The number of carboxylic acid groups (broad SMARTS) is 1. The smallest absolute Gasteiger partial charge is 0.335 e. The van der Waals surface area contributed by atoms with Gasteiger partial charge in [-0.2, -0.15) is 0 Å².